The highest BCUT2D eigenvalue weighted by Crippen LogP contribution is 2.27. The number of pyridine rings is 1. The average Bonchev–Trinajstić information content (AvgIpc) is 2.08. The van der Waals surface area contributed by atoms with Crippen molar-refractivity contribution in [3.8, 4) is 0 Å². The molecule has 13 heavy (non-hydrogen) atoms. The summed E-state index contributed by atoms with van der Waals surface area (Å²) in [6, 6.07) is 0. The molecule has 1 rings (SSSR count). The van der Waals surface area contributed by atoms with Crippen LogP contribution in [-0.2, 0) is 6.54 Å². The molecular weight excluding hydrogens is 289 g/mol. The predicted molar refractivity (Wildman–Crippen MR) is 54.5 cm³/mol. The van der Waals surface area contributed by atoms with E-state index >= 15 is 0 Å². The Balaban J connectivity index is 3.32. The molecule has 0 aliphatic rings. The lowest BCUT2D eigenvalue weighted by Gasteiger charge is -2.10. The lowest BCUT2D eigenvalue weighted by Crippen LogP contribution is -2.06. The molecule has 0 radical (unpaired) electrons. The van der Waals surface area contributed by atoms with E-state index in [1.165, 1.54) is 6.20 Å². The van der Waals surface area contributed by atoms with Gasteiger partial charge in [0.25, 0.3) is 6.43 Å². The van der Waals surface area contributed by atoms with Gasteiger partial charge in [-0.25, -0.2) is 13.8 Å². The second kappa shape index (κ2) is 4.28. The Morgan fingerprint density at radius 3 is 2.69 bits per heavy atom. The molecule has 1 aromatic rings. The summed E-state index contributed by atoms with van der Waals surface area (Å²) in [5, 5.41) is 0. The summed E-state index contributed by atoms with van der Waals surface area (Å²) >= 11 is 1.93. The first-order chi connectivity index (χ1) is 6.07. The maximum atomic E-state index is 12.6. The molecule has 0 aliphatic heterocycles. The molecule has 0 aliphatic carbocycles. The molecule has 1 aromatic heterocycles. The summed E-state index contributed by atoms with van der Waals surface area (Å²) in [6.07, 6.45) is -1.06. The third kappa shape index (κ3) is 2.14. The number of aromatic nitrogens is 1. The Kier molecular flexibility index (Phi) is 3.55. The zero-order chi connectivity index (χ0) is 10.0. The molecule has 0 spiro atoms. The van der Waals surface area contributed by atoms with Crippen molar-refractivity contribution < 1.29 is 8.78 Å². The first-order valence-corrected chi connectivity index (χ1v) is 4.78. The number of hydrogen-bond acceptors (Lipinski definition) is 2. The van der Waals surface area contributed by atoms with E-state index in [4.69, 9.17) is 5.73 Å². The van der Waals surface area contributed by atoms with Crippen molar-refractivity contribution in [2.24, 2.45) is 5.73 Å². The van der Waals surface area contributed by atoms with Gasteiger partial charge in [-0.1, -0.05) is 0 Å². The van der Waals surface area contributed by atoms with Gasteiger partial charge in [0.2, 0.25) is 0 Å². The van der Waals surface area contributed by atoms with Crippen LogP contribution in [0.3, 0.4) is 0 Å². The number of hydrogen-bond donors (Lipinski definition) is 1. The summed E-state index contributed by atoms with van der Waals surface area (Å²) in [5.74, 6) is 0. The highest BCUT2D eigenvalue weighted by molar-refractivity contribution is 14.1. The van der Waals surface area contributed by atoms with Gasteiger partial charge in [0.15, 0.2) is 0 Å². The van der Waals surface area contributed by atoms with Crippen LogP contribution in [0.25, 0.3) is 0 Å². The highest BCUT2D eigenvalue weighted by atomic mass is 127. The van der Waals surface area contributed by atoms with Crippen LogP contribution < -0.4 is 5.73 Å². The Hall–Kier alpha value is -0.300. The summed E-state index contributed by atoms with van der Waals surface area (Å²) in [7, 11) is 0. The Bertz CT molecular complexity index is 315. The topological polar surface area (TPSA) is 38.9 Å². The quantitative estimate of drug-likeness (QED) is 0.672. The molecule has 0 saturated carbocycles. The van der Waals surface area contributed by atoms with Crippen molar-refractivity contribution >= 4 is 22.6 Å². The lowest BCUT2D eigenvalue weighted by molar-refractivity contribution is 0.149. The van der Waals surface area contributed by atoms with Gasteiger partial charge in [-0.2, -0.15) is 0 Å². The first kappa shape index (κ1) is 10.8. The third-order valence-electron chi connectivity index (χ3n) is 1.83. The summed E-state index contributed by atoms with van der Waals surface area (Å²) < 4.78 is 25.7. The second-order valence-corrected chi connectivity index (χ2v) is 3.64. The van der Waals surface area contributed by atoms with Crippen LogP contribution in [0.2, 0.25) is 0 Å². The Morgan fingerprint density at radius 1 is 1.62 bits per heavy atom. The van der Waals surface area contributed by atoms with Gasteiger partial charge < -0.3 is 5.73 Å². The molecule has 0 atom stereocenters. The molecule has 0 unspecified atom stereocenters. The molecule has 0 saturated heterocycles. The van der Waals surface area contributed by atoms with E-state index in [0.717, 1.165) is 0 Å². The molecule has 2 N–H and O–H groups in total. The van der Waals surface area contributed by atoms with E-state index < -0.39 is 6.43 Å². The molecule has 72 valence electrons. The fourth-order valence-electron chi connectivity index (χ4n) is 1.12. The van der Waals surface area contributed by atoms with Crippen molar-refractivity contribution in [3.05, 3.63) is 26.6 Å². The number of alkyl halides is 2. The lowest BCUT2D eigenvalue weighted by atomic mass is 10.1. The third-order valence-corrected chi connectivity index (χ3v) is 2.92. The van der Waals surface area contributed by atoms with Crippen LogP contribution in [0.1, 0.15) is 23.1 Å². The summed E-state index contributed by atoms with van der Waals surface area (Å²) in [5.41, 5.74) is 6.31. The van der Waals surface area contributed by atoms with Gasteiger partial charge in [0, 0.05) is 18.3 Å². The second-order valence-electron chi connectivity index (χ2n) is 2.62. The molecular formula is C8H9F2IN2. The van der Waals surface area contributed by atoms with Crippen molar-refractivity contribution in [2.75, 3.05) is 0 Å². The van der Waals surface area contributed by atoms with Crippen LogP contribution in [0.5, 0.6) is 0 Å². The van der Waals surface area contributed by atoms with Crippen molar-refractivity contribution in [1.82, 2.24) is 4.98 Å². The zero-order valence-electron chi connectivity index (χ0n) is 7.02. The number of rotatable bonds is 2. The molecule has 0 aromatic carbocycles. The van der Waals surface area contributed by atoms with Crippen molar-refractivity contribution in [3.63, 3.8) is 0 Å². The minimum absolute atomic E-state index is 0.0295. The standard InChI is InChI=1S/C8H9F2IN2/c1-4-6(7(9)10)5(2-12)3-13-8(4)11/h3,7H,2,12H2,1H3. The first-order valence-electron chi connectivity index (χ1n) is 3.70. The zero-order valence-corrected chi connectivity index (χ0v) is 9.18. The SMILES string of the molecule is Cc1c(I)ncc(CN)c1C(F)F. The molecule has 0 bridgehead atoms. The Labute approximate surface area is 88.7 Å². The van der Waals surface area contributed by atoms with Gasteiger partial charge in [0.05, 0.1) is 0 Å². The van der Waals surface area contributed by atoms with Crippen molar-refractivity contribution in [2.45, 2.75) is 19.9 Å². The minimum atomic E-state index is -2.48. The highest BCUT2D eigenvalue weighted by Gasteiger charge is 2.17. The van der Waals surface area contributed by atoms with E-state index in [-0.39, 0.29) is 12.1 Å². The summed E-state index contributed by atoms with van der Waals surface area (Å²) in [4.78, 5) is 3.97. The number of halogens is 3. The van der Waals surface area contributed by atoms with Crippen LogP contribution in [0.15, 0.2) is 6.20 Å². The van der Waals surface area contributed by atoms with Crippen LogP contribution in [0.4, 0.5) is 8.78 Å². The van der Waals surface area contributed by atoms with Crippen molar-refractivity contribution in [1.29, 1.82) is 0 Å². The molecule has 1 heterocycles. The average molecular weight is 298 g/mol. The van der Waals surface area contributed by atoms with Crippen LogP contribution in [-0.4, -0.2) is 4.98 Å². The minimum Gasteiger partial charge on any atom is -0.326 e. The maximum absolute atomic E-state index is 12.6. The monoisotopic (exact) mass is 298 g/mol. The van der Waals surface area contributed by atoms with Gasteiger partial charge in [-0.3, -0.25) is 0 Å². The normalized spacial score (nSPS) is 10.9. The van der Waals surface area contributed by atoms with Gasteiger partial charge >= 0.3 is 0 Å². The van der Waals surface area contributed by atoms with E-state index in [2.05, 4.69) is 4.98 Å². The molecule has 2 nitrogen and oxygen atoms in total. The fourth-order valence-corrected chi connectivity index (χ4v) is 1.55. The number of nitrogens with zero attached hydrogens (tertiary/aromatic N) is 1. The van der Waals surface area contributed by atoms with Gasteiger partial charge in [-0.05, 0) is 40.6 Å². The van der Waals surface area contributed by atoms with E-state index in [1.54, 1.807) is 6.92 Å². The molecule has 0 amide bonds. The van der Waals surface area contributed by atoms with Crippen LogP contribution in [0, 0.1) is 10.6 Å². The largest absolute Gasteiger partial charge is 0.326 e. The fraction of sp³-hybridized carbons (Fsp3) is 0.375. The smallest absolute Gasteiger partial charge is 0.264 e. The Morgan fingerprint density at radius 2 is 2.23 bits per heavy atom. The maximum Gasteiger partial charge on any atom is 0.264 e. The molecule has 0 fully saturated rings. The van der Waals surface area contributed by atoms with E-state index in [0.29, 0.717) is 14.8 Å². The van der Waals surface area contributed by atoms with Gasteiger partial charge in [-0.15, -0.1) is 0 Å². The summed E-state index contributed by atoms with van der Waals surface area (Å²) in [6.45, 7) is 1.74. The molecule has 5 heteroatoms. The van der Waals surface area contributed by atoms with Crippen LogP contribution >= 0.6 is 22.6 Å². The predicted octanol–water partition coefficient (Wildman–Crippen LogP) is 2.39. The van der Waals surface area contributed by atoms with Gasteiger partial charge in [0.1, 0.15) is 3.70 Å². The van der Waals surface area contributed by atoms with E-state index in [9.17, 15) is 8.78 Å². The van der Waals surface area contributed by atoms with E-state index in [1.807, 2.05) is 22.6 Å². The number of nitrogens with two attached hydrogens (primary N) is 1.